The molecule has 2 rings (SSSR count). The summed E-state index contributed by atoms with van der Waals surface area (Å²) in [5.41, 5.74) is 0.635. The standard InChI is InChI=1S/C13H14FN3O3/c1-8(13(18)19)17(2)7-11-15-12(16-20-11)9-3-5-10(14)6-4-9/h3-6,8H,7H2,1-2H3,(H,18,19). The van der Waals surface area contributed by atoms with Crippen LogP contribution in [0.15, 0.2) is 28.8 Å². The van der Waals surface area contributed by atoms with Gasteiger partial charge in [-0.15, -0.1) is 0 Å². The minimum Gasteiger partial charge on any atom is -0.480 e. The molecular weight excluding hydrogens is 265 g/mol. The summed E-state index contributed by atoms with van der Waals surface area (Å²) in [5, 5.41) is 12.7. The van der Waals surface area contributed by atoms with Crippen LogP contribution in [0.3, 0.4) is 0 Å². The molecule has 1 unspecified atom stereocenters. The average molecular weight is 279 g/mol. The van der Waals surface area contributed by atoms with Crippen LogP contribution in [0.25, 0.3) is 11.4 Å². The number of benzene rings is 1. The molecule has 6 nitrogen and oxygen atoms in total. The van der Waals surface area contributed by atoms with Crippen molar-refractivity contribution < 1.29 is 18.8 Å². The fourth-order valence-corrected chi connectivity index (χ4v) is 1.57. The zero-order chi connectivity index (χ0) is 14.7. The third-order valence-corrected chi connectivity index (χ3v) is 2.97. The van der Waals surface area contributed by atoms with Crippen LogP contribution in [-0.2, 0) is 11.3 Å². The van der Waals surface area contributed by atoms with E-state index in [1.54, 1.807) is 31.0 Å². The molecule has 0 radical (unpaired) electrons. The van der Waals surface area contributed by atoms with Gasteiger partial charge in [-0.25, -0.2) is 4.39 Å². The van der Waals surface area contributed by atoms with E-state index in [4.69, 9.17) is 9.63 Å². The summed E-state index contributed by atoms with van der Waals surface area (Å²) in [6.07, 6.45) is 0. The van der Waals surface area contributed by atoms with Gasteiger partial charge in [0, 0.05) is 5.56 Å². The first-order chi connectivity index (χ1) is 9.47. The maximum absolute atomic E-state index is 12.8. The first kappa shape index (κ1) is 14.1. The number of carboxylic acid groups (broad SMARTS) is 1. The fraction of sp³-hybridized carbons (Fsp3) is 0.308. The van der Waals surface area contributed by atoms with Crippen molar-refractivity contribution in [3.05, 3.63) is 36.0 Å². The number of likely N-dealkylation sites (N-methyl/N-ethyl adjacent to an activating group) is 1. The Morgan fingerprint density at radius 1 is 1.45 bits per heavy atom. The summed E-state index contributed by atoms with van der Waals surface area (Å²) in [6.45, 7) is 1.79. The molecule has 0 aliphatic carbocycles. The molecule has 1 N–H and O–H groups in total. The number of hydrogen-bond donors (Lipinski definition) is 1. The molecule has 0 bridgehead atoms. The maximum Gasteiger partial charge on any atom is 0.320 e. The van der Waals surface area contributed by atoms with Crippen LogP contribution in [0.2, 0.25) is 0 Å². The van der Waals surface area contributed by atoms with Gasteiger partial charge in [0.25, 0.3) is 0 Å². The first-order valence-electron chi connectivity index (χ1n) is 5.99. The second-order valence-corrected chi connectivity index (χ2v) is 4.45. The van der Waals surface area contributed by atoms with Crippen molar-refractivity contribution in [2.24, 2.45) is 0 Å². The van der Waals surface area contributed by atoms with Gasteiger partial charge in [0.2, 0.25) is 11.7 Å². The van der Waals surface area contributed by atoms with Crippen molar-refractivity contribution in [3.63, 3.8) is 0 Å². The van der Waals surface area contributed by atoms with Crippen LogP contribution in [0.1, 0.15) is 12.8 Å². The molecule has 0 aliphatic rings. The highest BCUT2D eigenvalue weighted by molar-refractivity contribution is 5.72. The monoisotopic (exact) mass is 279 g/mol. The summed E-state index contributed by atoms with van der Waals surface area (Å²) < 4.78 is 17.9. The van der Waals surface area contributed by atoms with Crippen LogP contribution >= 0.6 is 0 Å². The predicted molar refractivity (Wildman–Crippen MR) is 68.3 cm³/mol. The molecule has 0 saturated heterocycles. The Kier molecular flexibility index (Phi) is 4.09. The first-order valence-corrected chi connectivity index (χ1v) is 5.99. The summed E-state index contributed by atoms with van der Waals surface area (Å²) >= 11 is 0. The molecule has 0 amide bonds. The molecule has 2 aromatic rings. The Morgan fingerprint density at radius 2 is 2.10 bits per heavy atom. The second kappa shape index (κ2) is 5.79. The topological polar surface area (TPSA) is 79.5 Å². The minimum absolute atomic E-state index is 0.224. The summed E-state index contributed by atoms with van der Waals surface area (Å²) in [7, 11) is 1.65. The quantitative estimate of drug-likeness (QED) is 0.898. The van der Waals surface area contributed by atoms with Gasteiger partial charge in [-0.3, -0.25) is 9.69 Å². The SMILES string of the molecule is CC(C(=O)O)N(C)Cc1nc(-c2ccc(F)cc2)no1. The molecule has 0 fully saturated rings. The van der Waals surface area contributed by atoms with Gasteiger partial charge in [-0.2, -0.15) is 4.98 Å². The molecule has 20 heavy (non-hydrogen) atoms. The van der Waals surface area contributed by atoms with Crippen molar-refractivity contribution in [1.29, 1.82) is 0 Å². The van der Waals surface area contributed by atoms with Gasteiger partial charge < -0.3 is 9.63 Å². The van der Waals surface area contributed by atoms with Crippen molar-refractivity contribution in [3.8, 4) is 11.4 Å². The van der Waals surface area contributed by atoms with Crippen molar-refractivity contribution in [1.82, 2.24) is 15.0 Å². The molecule has 106 valence electrons. The van der Waals surface area contributed by atoms with Gasteiger partial charge in [0.15, 0.2) is 0 Å². The third-order valence-electron chi connectivity index (χ3n) is 2.97. The zero-order valence-electron chi connectivity index (χ0n) is 11.1. The number of aromatic nitrogens is 2. The molecule has 0 saturated carbocycles. The number of nitrogens with zero attached hydrogens (tertiary/aromatic N) is 3. The summed E-state index contributed by atoms with van der Waals surface area (Å²) in [4.78, 5) is 16.6. The lowest BCUT2D eigenvalue weighted by Crippen LogP contribution is -2.35. The molecule has 1 heterocycles. The predicted octanol–water partition coefficient (Wildman–Crippen LogP) is 1.78. The number of carbonyl (C=O) groups is 1. The van der Waals surface area contributed by atoms with E-state index in [0.717, 1.165) is 0 Å². The smallest absolute Gasteiger partial charge is 0.320 e. The maximum atomic E-state index is 12.8. The van der Waals surface area contributed by atoms with Crippen molar-refractivity contribution in [2.45, 2.75) is 19.5 Å². The number of rotatable bonds is 5. The van der Waals surface area contributed by atoms with Crippen LogP contribution in [0.5, 0.6) is 0 Å². The minimum atomic E-state index is -0.925. The Hall–Kier alpha value is -2.28. The fourth-order valence-electron chi connectivity index (χ4n) is 1.57. The molecular formula is C13H14FN3O3. The normalized spacial score (nSPS) is 12.6. The molecule has 1 aromatic heterocycles. The summed E-state index contributed by atoms with van der Waals surface area (Å²) in [6, 6.07) is 5.06. The van der Waals surface area contributed by atoms with E-state index >= 15 is 0 Å². The molecule has 0 aliphatic heterocycles. The van der Waals surface area contributed by atoms with Gasteiger partial charge in [0.1, 0.15) is 11.9 Å². The van der Waals surface area contributed by atoms with Crippen molar-refractivity contribution in [2.75, 3.05) is 7.05 Å². The third kappa shape index (κ3) is 3.18. The van der Waals surface area contributed by atoms with E-state index in [1.807, 2.05) is 0 Å². The molecule has 1 aromatic carbocycles. The average Bonchev–Trinajstić information content (AvgIpc) is 2.87. The number of hydrogen-bond acceptors (Lipinski definition) is 5. The molecule has 7 heteroatoms. The Balaban J connectivity index is 2.09. The van der Waals surface area contributed by atoms with Crippen LogP contribution in [0, 0.1) is 5.82 Å². The van der Waals surface area contributed by atoms with E-state index in [0.29, 0.717) is 17.3 Å². The van der Waals surface area contributed by atoms with Crippen molar-refractivity contribution >= 4 is 5.97 Å². The molecule has 1 atom stereocenters. The van der Waals surface area contributed by atoms with E-state index in [9.17, 15) is 9.18 Å². The van der Waals surface area contributed by atoms with Crippen LogP contribution in [0.4, 0.5) is 4.39 Å². The molecule has 0 spiro atoms. The lowest BCUT2D eigenvalue weighted by Gasteiger charge is -2.18. The van der Waals surface area contributed by atoms with Gasteiger partial charge >= 0.3 is 5.97 Å². The number of aliphatic carboxylic acids is 1. The highest BCUT2D eigenvalue weighted by Crippen LogP contribution is 2.16. The van der Waals surface area contributed by atoms with Crippen LogP contribution < -0.4 is 0 Å². The Bertz CT molecular complexity index is 597. The van der Waals surface area contributed by atoms with E-state index < -0.39 is 12.0 Å². The van der Waals surface area contributed by atoms with Gasteiger partial charge in [-0.05, 0) is 38.2 Å². The Labute approximate surface area is 114 Å². The summed E-state index contributed by atoms with van der Waals surface area (Å²) in [5.74, 6) is -0.616. The van der Waals surface area contributed by atoms with Gasteiger partial charge in [-0.1, -0.05) is 5.16 Å². The number of carboxylic acids is 1. The largest absolute Gasteiger partial charge is 0.480 e. The Morgan fingerprint density at radius 3 is 2.70 bits per heavy atom. The highest BCUT2D eigenvalue weighted by Gasteiger charge is 2.19. The lowest BCUT2D eigenvalue weighted by molar-refractivity contribution is -0.142. The van der Waals surface area contributed by atoms with E-state index in [2.05, 4.69) is 10.1 Å². The van der Waals surface area contributed by atoms with E-state index in [1.165, 1.54) is 12.1 Å². The van der Waals surface area contributed by atoms with Gasteiger partial charge in [0.05, 0.1) is 6.54 Å². The zero-order valence-corrected chi connectivity index (χ0v) is 11.1. The van der Waals surface area contributed by atoms with Crippen LogP contribution in [-0.4, -0.2) is 39.2 Å². The second-order valence-electron chi connectivity index (χ2n) is 4.45. The highest BCUT2D eigenvalue weighted by atomic mass is 19.1. The van der Waals surface area contributed by atoms with E-state index in [-0.39, 0.29) is 12.4 Å². The lowest BCUT2D eigenvalue weighted by atomic mass is 10.2. The number of halogens is 1.